The Morgan fingerprint density at radius 3 is 2.84 bits per heavy atom. The first-order chi connectivity index (χ1) is 15.4. The van der Waals surface area contributed by atoms with Crippen LogP contribution in [0.25, 0.3) is 16.7 Å². The van der Waals surface area contributed by atoms with Gasteiger partial charge in [-0.15, -0.1) is 0 Å². The van der Waals surface area contributed by atoms with Gasteiger partial charge in [-0.25, -0.2) is 9.78 Å². The van der Waals surface area contributed by atoms with Crippen molar-refractivity contribution in [2.45, 2.75) is 46.3 Å². The molecule has 0 saturated carbocycles. The van der Waals surface area contributed by atoms with E-state index in [9.17, 15) is 14.4 Å². The highest BCUT2D eigenvalue weighted by atomic mass is 16.5. The molecule has 3 aromatic heterocycles. The molecule has 0 aliphatic carbocycles. The lowest BCUT2D eigenvalue weighted by Crippen LogP contribution is -2.35. The predicted octanol–water partition coefficient (Wildman–Crippen LogP) is 2.09. The fraction of sp³-hybridized carbons (Fsp3) is 0.435. The number of fused-ring (bicyclic) bond motifs is 2. The van der Waals surface area contributed by atoms with E-state index in [1.54, 1.807) is 49.7 Å². The number of esters is 1. The monoisotopic (exact) mass is 438 g/mol. The average Bonchev–Trinajstić information content (AvgIpc) is 3.29. The van der Waals surface area contributed by atoms with Gasteiger partial charge in [0.15, 0.2) is 5.49 Å². The minimum Gasteiger partial charge on any atom is -0.462 e. The zero-order valence-electron chi connectivity index (χ0n) is 18.4. The number of rotatable bonds is 5. The Kier molecular flexibility index (Phi) is 6.18. The third-order valence-electron chi connectivity index (χ3n) is 5.41. The molecule has 4 rings (SSSR count). The first-order valence-corrected chi connectivity index (χ1v) is 10.8. The van der Waals surface area contributed by atoms with Crippen LogP contribution in [0.1, 0.15) is 44.0 Å². The van der Waals surface area contributed by atoms with E-state index in [0.717, 1.165) is 12.8 Å². The summed E-state index contributed by atoms with van der Waals surface area (Å²) in [7, 11) is 0. The highest BCUT2D eigenvalue weighted by molar-refractivity contribution is 5.93. The zero-order chi connectivity index (χ0) is 22.8. The lowest BCUT2D eigenvalue weighted by Gasteiger charge is -2.18. The Balaban J connectivity index is 2.12. The number of ether oxygens (including phenoxy) is 2. The molecule has 9 nitrogen and oxygen atoms in total. The molecule has 1 fully saturated rings. The van der Waals surface area contributed by atoms with Crippen molar-refractivity contribution < 1.29 is 19.1 Å². The third kappa shape index (κ3) is 4.08. The number of nitrogens with zero attached hydrogens (tertiary/aromatic N) is 4. The van der Waals surface area contributed by atoms with Crippen molar-refractivity contribution in [3.63, 3.8) is 0 Å². The molecule has 1 saturated heterocycles. The lowest BCUT2D eigenvalue weighted by molar-refractivity contribution is -0.120. The van der Waals surface area contributed by atoms with E-state index in [1.165, 1.54) is 10.5 Å². The molecule has 1 aliphatic rings. The summed E-state index contributed by atoms with van der Waals surface area (Å²) >= 11 is 0. The van der Waals surface area contributed by atoms with Crippen molar-refractivity contribution in [1.82, 2.24) is 14.0 Å². The molecule has 1 atom stereocenters. The van der Waals surface area contributed by atoms with Crippen LogP contribution >= 0.6 is 0 Å². The fourth-order valence-corrected chi connectivity index (χ4v) is 3.76. The minimum atomic E-state index is -0.650. The molecule has 0 N–H and O–H groups in total. The molecule has 0 aromatic carbocycles. The largest absolute Gasteiger partial charge is 0.462 e. The number of carbonyl (C=O) groups excluding carboxylic acids is 2. The first kappa shape index (κ1) is 21.9. The number of amides is 1. The molecule has 1 amide bonds. The predicted molar refractivity (Wildman–Crippen MR) is 117 cm³/mol. The van der Waals surface area contributed by atoms with Gasteiger partial charge in [0.1, 0.15) is 16.9 Å². The highest BCUT2D eigenvalue weighted by Gasteiger charge is 2.24. The number of hydrogen-bond donors (Lipinski definition) is 0. The fourth-order valence-electron chi connectivity index (χ4n) is 3.76. The van der Waals surface area contributed by atoms with Crippen LogP contribution in [0.5, 0.6) is 0 Å². The number of aromatic nitrogens is 3. The maximum atomic E-state index is 13.3. The van der Waals surface area contributed by atoms with E-state index >= 15 is 0 Å². The molecule has 1 aliphatic heterocycles. The van der Waals surface area contributed by atoms with Gasteiger partial charge in [-0.2, -0.15) is 4.99 Å². The molecule has 0 bridgehead atoms. The van der Waals surface area contributed by atoms with Crippen molar-refractivity contribution in [3.8, 4) is 0 Å². The molecule has 3 aromatic rings. The van der Waals surface area contributed by atoms with Gasteiger partial charge in [-0.05, 0) is 38.0 Å². The smallest absolute Gasteiger partial charge is 0.341 e. The Morgan fingerprint density at radius 1 is 1.34 bits per heavy atom. The van der Waals surface area contributed by atoms with Crippen LogP contribution in [-0.2, 0) is 20.8 Å². The van der Waals surface area contributed by atoms with Crippen molar-refractivity contribution >= 4 is 28.6 Å². The summed E-state index contributed by atoms with van der Waals surface area (Å²) < 4.78 is 14.1. The maximum absolute atomic E-state index is 13.3. The van der Waals surface area contributed by atoms with Gasteiger partial charge in [-0.1, -0.05) is 19.9 Å². The van der Waals surface area contributed by atoms with Gasteiger partial charge in [0, 0.05) is 18.7 Å². The van der Waals surface area contributed by atoms with Crippen LogP contribution < -0.4 is 11.0 Å². The second-order valence-corrected chi connectivity index (χ2v) is 8.04. The quantitative estimate of drug-likeness (QED) is 0.446. The molecule has 1 unspecified atom stereocenters. The summed E-state index contributed by atoms with van der Waals surface area (Å²) in [4.78, 5) is 47.7. The number of pyridine rings is 2. The second kappa shape index (κ2) is 9.04. The van der Waals surface area contributed by atoms with Gasteiger partial charge in [0.05, 0.1) is 24.6 Å². The van der Waals surface area contributed by atoms with Crippen LogP contribution in [0.15, 0.2) is 40.2 Å². The SMILES string of the molecule is CCOC(=O)c1cc2c(=O)n3ccccc3nc2n(CC2CCCO2)c1=NC(=O)C(C)C. The number of hydrogen-bond acceptors (Lipinski definition) is 6. The summed E-state index contributed by atoms with van der Waals surface area (Å²) in [5.41, 5.74) is 0.675. The van der Waals surface area contributed by atoms with Crippen LogP contribution in [0.2, 0.25) is 0 Å². The molecular weight excluding hydrogens is 412 g/mol. The van der Waals surface area contributed by atoms with Crippen LogP contribution in [0.3, 0.4) is 0 Å². The minimum absolute atomic E-state index is 0.0566. The van der Waals surface area contributed by atoms with Crippen molar-refractivity contribution in [1.29, 1.82) is 0 Å². The van der Waals surface area contributed by atoms with Crippen molar-refractivity contribution in [2.24, 2.45) is 10.9 Å². The van der Waals surface area contributed by atoms with Crippen LogP contribution in [0, 0.1) is 5.92 Å². The van der Waals surface area contributed by atoms with Gasteiger partial charge in [-0.3, -0.25) is 14.0 Å². The molecule has 168 valence electrons. The van der Waals surface area contributed by atoms with Gasteiger partial charge in [0.2, 0.25) is 5.91 Å². The van der Waals surface area contributed by atoms with E-state index in [4.69, 9.17) is 9.47 Å². The average molecular weight is 438 g/mol. The second-order valence-electron chi connectivity index (χ2n) is 8.04. The zero-order valence-corrected chi connectivity index (χ0v) is 18.4. The normalized spacial score (nSPS) is 16.9. The first-order valence-electron chi connectivity index (χ1n) is 10.8. The standard InChI is InChI=1S/C23H26N4O5/c1-4-31-23(30)17-12-16-19(24-18-9-5-6-10-26(18)22(16)29)27(13-15-8-7-11-32-15)20(17)25-21(28)14(2)3/h5-6,9-10,12,14-15H,4,7-8,11,13H2,1-3H3. The number of carbonyl (C=O) groups is 2. The van der Waals surface area contributed by atoms with Crippen molar-refractivity contribution in [3.05, 3.63) is 51.9 Å². The topological polar surface area (TPSA) is 104 Å². The van der Waals surface area contributed by atoms with Crippen LogP contribution in [0.4, 0.5) is 0 Å². The van der Waals surface area contributed by atoms with Crippen molar-refractivity contribution in [2.75, 3.05) is 13.2 Å². The summed E-state index contributed by atoms with van der Waals surface area (Å²) in [6.07, 6.45) is 3.22. The van der Waals surface area contributed by atoms with E-state index in [-0.39, 0.29) is 46.5 Å². The van der Waals surface area contributed by atoms with E-state index in [0.29, 0.717) is 24.4 Å². The Morgan fingerprint density at radius 2 is 2.16 bits per heavy atom. The van der Waals surface area contributed by atoms with E-state index < -0.39 is 5.97 Å². The maximum Gasteiger partial charge on any atom is 0.341 e. The van der Waals surface area contributed by atoms with Gasteiger partial charge in [0.25, 0.3) is 5.56 Å². The summed E-state index contributed by atoms with van der Waals surface area (Å²) in [6.45, 7) is 6.26. The molecule has 4 heterocycles. The van der Waals surface area contributed by atoms with E-state index in [2.05, 4.69) is 9.98 Å². The van der Waals surface area contributed by atoms with Gasteiger partial charge >= 0.3 is 5.97 Å². The third-order valence-corrected chi connectivity index (χ3v) is 5.41. The molecular formula is C23H26N4O5. The Hall–Kier alpha value is -3.33. The Bertz CT molecular complexity index is 1320. The summed E-state index contributed by atoms with van der Waals surface area (Å²) in [5.74, 6) is -1.40. The molecule has 0 spiro atoms. The molecule has 32 heavy (non-hydrogen) atoms. The lowest BCUT2D eigenvalue weighted by atomic mass is 10.1. The summed E-state index contributed by atoms with van der Waals surface area (Å²) in [6, 6.07) is 6.69. The Labute approximate surface area is 184 Å². The van der Waals surface area contributed by atoms with Gasteiger partial charge < -0.3 is 14.0 Å². The van der Waals surface area contributed by atoms with E-state index in [1.807, 2.05) is 0 Å². The highest BCUT2D eigenvalue weighted by Crippen LogP contribution is 2.17. The van der Waals surface area contributed by atoms with Crippen LogP contribution in [-0.4, -0.2) is 45.1 Å². The molecule has 0 radical (unpaired) electrons. The molecule has 9 heteroatoms. The summed E-state index contributed by atoms with van der Waals surface area (Å²) in [5, 5.41) is 0.241.